The number of aromatic nitrogens is 2. The number of para-hydroxylation sites is 1. The molecule has 3 aromatic carbocycles. The Hall–Kier alpha value is -4.80. The number of hydrogen-bond donors (Lipinski definition) is 3. The van der Waals surface area contributed by atoms with Crippen molar-refractivity contribution < 1.29 is 23.9 Å². The van der Waals surface area contributed by atoms with Crippen LogP contribution in [0.4, 0.5) is 5.82 Å². The molecule has 4 N–H and O–H groups in total. The highest BCUT2D eigenvalue weighted by atomic mass is 16.5. The first-order valence-corrected chi connectivity index (χ1v) is 13.1. The summed E-state index contributed by atoms with van der Waals surface area (Å²) in [4.78, 5) is 43.4. The lowest BCUT2D eigenvalue weighted by Gasteiger charge is -2.23. The van der Waals surface area contributed by atoms with Crippen LogP contribution < -0.4 is 21.1 Å². The monoisotopic (exact) mass is 555 g/mol. The number of imidazole rings is 1. The van der Waals surface area contributed by atoms with Gasteiger partial charge >= 0.3 is 5.97 Å². The molecule has 0 saturated carbocycles. The second-order valence-electron chi connectivity index (χ2n) is 9.99. The number of rotatable bonds is 12. The van der Waals surface area contributed by atoms with E-state index in [2.05, 4.69) is 15.6 Å². The molecule has 4 rings (SSSR count). The third kappa shape index (κ3) is 8.34. The highest BCUT2D eigenvalue weighted by molar-refractivity contribution is 5.98. The van der Waals surface area contributed by atoms with Crippen LogP contribution in [0, 0.1) is 0 Å². The number of esters is 1. The van der Waals surface area contributed by atoms with Gasteiger partial charge in [-0.05, 0) is 37.1 Å². The maximum Gasteiger partial charge on any atom is 0.339 e. The molecule has 0 fully saturated rings. The van der Waals surface area contributed by atoms with E-state index in [1.165, 1.54) is 12.5 Å². The van der Waals surface area contributed by atoms with Gasteiger partial charge in [-0.2, -0.15) is 0 Å². The number of nitrogens with one attached hydrogen (secondary N) is 2. The predicted octanol–water partition coefficient (Wildman–Crippen LogP) is 3.46. The van der Waals surface area contributed by atoms with Gasteiger partial charge in [0.25, 0.3) is 5.91 Å². The number of carbonyl (C=O) groups excluding carboxylic acids is 3. The number of nitrogens with two attached hydrogens (primary N) is 1. The van der Waals surface area contributed by atoms with E-state index in [1.807, 2.05) is 54.6 Å². The summed E-state index contributed by atoms with van der Waals surface area (Å²) < 4.78 is 12.9. The molecule has 0 saturated heterocycles. The van der Waals surface area contributed by atoms with Crippen LogP contribution in [0.1, 0.15) is 31.0 Å². The third-order valence-corrected chi connectivity index (χ3v) is 6.05. The fourth-order valence-electron chi connectivity index (χ4n) is 3.88. The Morgan fingerprint density at radius 3 is 2.17 bits per heavy atom. The first-order chi connectivity index (χ1) is 19.7. The van der Waals surface area contributed by atoms with Crippen molar-refractivity contribution in [2.24, 2.45) is 5.73 Å². The van der Waals surface area contributed by atoms with Gasteiger partial charge in [0.15, 0.2) is 11.9 Å². The summed E-state index contributed by atoms with van der Waals surface area (Å²) in [7, 11) is 0. The average Bonchev–Trinajstić information content (AvgIpc) is 3.41. The SMILES string of the molecule is CC(C)(N)C(=O)N[C@H](COCc1ccccc1)C(=O)Nc1cn(C(C(=O)Oc2ccccc2)c2ccccc2)cn1. The Morgan fingerprint density at radius 2 is 1.54 bits per heavy atom. The van der Waals surface area contributed by atoms with E-state index in [4.69, 9.17) is 15.2 Å². The minimum atomic E-state index is -1.21. The van der Waals surface area contributed by atoms with Crippen LogP contribution in [-0.4, -0.2) is 45.5 Å². The smallest absolute Gasteiger partial charge is 0.339 e. The Morgan fingerprint density at radius 1 is 0.927 bits per heavy atom. The number of ether oxygens (including phenoxy) is 2. The zero-order valence-electron chi connectivity index (χ0n) is 22.9. The first kappa shape index (κ1) is 29.2. The van der Waals surface area contributed by atoms with Crippen LogP contribution in [0.3, 0.4) is 0 Å². The standard InChI is InChI=1S/C31H33N5O5/c1-31(2,32)30(39)34-25(20-40-19-22-12-6-3-7-13-22)28(37)35-26-18-36(21-33-26)27(23-14-8-4-9-15-23)29(38)41-24-16-10-5-11-17-24/h3-18,21,25,27H,19-20,32H2,1-2H3,(H,34,39)(H,35,37)/t25-,27?/m1/s1. The average molecular weight is 556 g/mol. The molecule has 1 heterocycles. The topological polar surface area (TPSA) is 138 Å². The van der Waals surface area contributed by atoms with Gasteiger partial charge in [-0.1, -0.05) is 78.9 Å². The Balaban J connectivity index is 1.50. The quantitative estimate of drug-likeness (QED) is 0.180. The molecule has 2 atom stereocenters. The fourth-order valence-corrected chi connectivity index (χ4v) is 3.88. The molecular formula is C31H33N5O5. The molecule has 10 nitrogen and oxygen atoms in total. The summed E-state index contributed by atoms with van der Waals surface area (Å²) >= 11 is 0. The van der Waals surface area contributed by atoms with Crippen molar-refractivity contribution in [3.05, 3.63) is 115 Å². The summed E-state index contributed by atoms with van der Waals surface area (Å²) in [5, 5.41) is 5.36. The largest absolute Gasteiger partial charge is 0.425 e. The number of amides is 2. The van der Waals surface area contributed by atoms with Gasteiger partial charge in [0, 0.05) is 6.20 Å². The molecule has 0 aliphatic carbocycles. The van der Waals surface area contributed by atoms with Gasteiger partial charge < -0.3 is 30.4 Å². The van der Waals surface area contributed by atoms with E-state index in [0.29, 0.717) is 11.3 Å². The summed E-state index contributed by atoms with van der Waals surface area (Å²) in [6.45, 7) is 3.24. The van der Waals surface area contributed by atoms with Gasteiger partial charge in [0.1, 0.15) is 11.8 Å². The molecule has 212 valence electrons. The zero-order valence-corrected chi connectivity index (χ0v) is 22.9. The van der Waals surface area contributed by atoms with E-state index in [9.17, 15) is 14.4 Å². The lowest BCUT2D eigenvalue weighted by molar-refractivity contribution is -0.136. The van der Waals surface area contributed by atoms with E-state index in [0.717, 1.165) is 5.56 Å². The van der Waals surface area contributed by atoms with Crippen LogP contribution in [0.5, 0.6) is 5.75 Å². The highest BCUT2D eigenvalue weighted by Crippen LogP contribution is 2.23. The number of nitrogens with zero attached hydrogens (tertiary/aromatic N) is 2. The van der Waals surface area contributed by atoms with E-state index in [-0.39, 0.29) is 19.0 Å². The number of carbonyl (C=O) groups is 3. The van der Waals surface area contributed by atoms with Crippen molar-refractivity contribution in [2.45, 2.75) is 38.1 Å². The molecule has 2 amide bonds. The summed E-state index contributed by atoms with van der Waals surface area (Å²) in [5.74, 6) is -1.01. The molecule has 1 aromatic heterocycles. The number of benzene rings is 3. The van der Waals surface area contributed by atoms with Crippen molar-refractivity contribution >= 4 is 23.6 Å². The van der Waals surface area contributed by atoms with Crippen molar-refractivity contribution in [1.82, 2.24) is 14.9 Å². The van der Waals surface area contributed by atoms with Gasteiger partial charge in [0.2, 0.25) is 5.91 Å². The molecule has 4 aromatic rings. The summed E-state index contributed by atoms with van der Waals surface area (Å²) in [5.41, 5.74) is 6.32. The Kier molecular flexibility index (Phi) is 9.62. The lowest BCUT2D eigenvalue weighted by Crippen LogP contribution is -2.56. The van der Waals surface area contributed by atoms with Crippen molar-refractivity contribution in [2.75, 3.05) is 11.9 Å². The number of hydrogen-bond acceptors (Lipinski definition) is 7. The van der Waals surface area contributed by atoms with Gasteiger partial charge in [-0.15, -0.1) is 0 Å². The van der Waals surface area contributed by atoms with Crippen molar-refractivity contribution in [3.8, 4) is 5.75 Å². The third-order valence-electron chi connectivity index (χ3n) is 6.05. The van der Waals surface area contributed by atoms with Crippen molar-refractivity contribution in [1.29, 1.82) is 0 Å². The fraction of sp³-hybridized carbons (Fsp3) is 0.226. The van der Waals surface area contributed by atoms with Crippen LogP contribution in [-0.2, 0) is 25.7 Å². The number of anilines is 1. The lowest BCUT2D eigenvalue weighted by atomic mass is 10.1. The minimum Gasteiger partial charge on any atom is -0.425 e. The van der Waals surface area contributed by atoms with Crippen LogP contribution >= 0.6 is 0 Å². The highest BCUT2D eigenvalue weighted by Gasteiger charge is 2.29. The maximum atomic E-state index is 13.3. The molecule has 10 heteroatoms. The molecule has 41 heavy (non-hydrogen) atoms. The van der Waals surface area contributed by atoms with Gasteiger partial charge in [0.05, 0.1) is 25.1 Å². The summed E-state index contributed by atoms with van der Waals surface area (Å²) in [6.07, 6.45) is 2.96. The zero-order chi connectivity index (χ0) is 29.2. The van der Waals surface area contributed by atoms with Crippen LogP contribution in [0.15, 0.2) is 104 Å². The molecule has 0 aliphatic heterocycles. The van der Waals surface area contributed by atoms with E-state index in [1.54, 1.807) is 54.8 Å². The molecule has 0 bridgehead atoms. The van der Waals surface area contributed by atoms with Gasteiger partial charge in [-0.25, -0.2) is 9.78 Å². The molecule has 0 spiro atoms. The molecular weight excluding hydrogens is 522 g/mol. The second-order valence-corrected chi connectivity index (χ2v) is 9.99. The molecule has 0 aliphatic rings. The van der Waals surface area contributed by atoms with Gasteiger partial charge in [-0.3, -0.25) is 9.59 Å². The maximum absolute atomic E-state index is 13.3. The first-order valence-electron chi connectivity index (χ1n) is 13.1. The van der Waals surface area contributed by atoms with Crippen LogP contribution in [0.25, 0.3) is 0 Å². The summed E-state index contributed by atoms with van der Waals surface area (Å²) in [6, 6.07) is 25.4. The Bertz CT molecular complexity index is 1440. The van der Waals surface area contributed by atoms with Crippen LogP contribution in [0.2, 0.25) is 0 Å². The molecule has 1 unspecified atom stereocenters. The minimum absolute atomic E-state index is 0.0979. The normalized spacial score (nSPS) is 12.7. The van der Waals surface area contributed by atoms with E-state index >= 15 is 0 Å². The molecule has 0 radical (unpaired) electrons. The van der Waals surface area contributed by atoms with Crippen molar-refractivity contribution in [3.63, 3.8) is 0 Å². The predicted molar refractivity (Wildman–Crippen MR) is 154 cm³/mol. The Labute approximate surface area is 238 Å². The second kappa shape index (κ2) is 13.5. The van der Waals surface area contributed by atoms with E-state index < -0.39 is 35.4 Å².